The second kappa shape index (κ2) is 7.98. The number of benzene rings is 3. The molecule has 144 valence electrons. The third kappa shape index (κ3) is 4.50. The van der Waals surface area contributed by atoms with Crippen molar-refractivity contribution in [3.8, 4) is 22.7 Å². The van der Waals surface area contributed by atoms with Gasteiger partial charge in [0.25, 0.3) is 0 Å². The van der Waals surface area contributed by atoms with Crippen molar-refractivity contribution in [3.05, 3.63) is 90.4 Å². The van der Waals surface area contributed by atoms with E-state index in [1.54, 1.807) is 18.4 Å². The van der Waals surface area contributed by atoms with Gasteiger partial charge in [0.05, 0.1) is 0 Å². The van der Waals surface area contributed by atoms with E-state index in [1.807, 2.05) is 43.3 Å². The molecule has 0 fully saturated rings. The largest absolute Gasteiger partial charge is 0.444 e. The summed E-state index contributed by atoms with van der Waals surface area (Å²) >= 11 is 0. The SMILES string of the molecule is Cc1ccc(-c2coc(-c3ccc(NC(=O)Nc4ccc(F)cc4)cc3)n2)cc1. The highest BCUT2D eigenvalue weighted by Gasteiger charge is 2.09. The van der Waals surface area contributed by atoms with Gasteiger partial charge in [-0.2, -0.15) is 0 Å². The molecule has 29 heavy (non-hydrogen) atoms. The lowest BCUT2D eigenvalue weighted by Crippen LogP contribution is -2.19. The Bertz CT molecular complexity index is 1120. The molecular formula is C23H18FN3O2. The molecule has 0 saturated heterocycles. The van der Waals surface area contributed by atoms with Crippen molar-refractivity contribution in [3.63, 3.8) is 0 Å². The Balaban J connectivity index is 1.42. The van der Waals surface area contributed by atoms with Gasteiger partial charge in [-0.1, -0.05) is 29.8 Å². The van der Waals surface area contributed by atoms with Crippen molar-refractivity contribution in [1.29, 1.82) is 0 Å². The van der Waals surface area contributed by atoms with Crippen LogP contribution in [0.1, 0.15) is 5.56 Å². The summed E-state index contributed by atoms with van der Waals surface area (Å²) in [6.07, 6.45) is 1.63. The average Bonchev–Trinajstić information content (AvgIpc) is 3.21. The summed E-state index contributed by atoms with van der Waals surface area (Å²) in [6, 6.07) is 20.4. The van der Waals surface area contributed by atoms with Crippen LogP contribution >= 0.6 is 0 Å². The highest BCUT2D eigenvalue weighted by atomic mass is 19.1. The highest BCUT2D eigenvalue weighted by Crippen LogP contribution is 2.26. The first-order valence-corrected chi connectivity index (χ1v) is 9.03. The van der Waals surface area contributed by atoms with Crippen molar-refractivity contribution in [2.24, 2.45) is 0 Å². The van der Waals surface area contributed by atoms with Gasteiger partial charge in [-0.3, -0.25) is 0 Å². The van der Waals surface area contributed by atoms with E-state index in [-0.39, 0.29) is 5.82 Å². The van der Waals surface area contributed by atoms with Crippen LogP contribution in [0, 0.1) is 12.7 Å². The molecule has 6 heteroatoms. The molecule has 0 bridgehead atoms. The van der Waals surface area contributed by atoms with Crippen molar-refractivity contribution >= 4 is 17.4 Å². The fourth-order valence-electron chi connectivity index (χ4n) is 2.79. The number of urea groups is 1. The average molecular weight is 387 g/mol. The summed E-state index contributed by atoms with van der Waals surface area (Å²) in [7, 11) is 0. The number of anilines is 2. The number of amides is 2. The van der Waals surface area contributed by atoms with Crippen LogP contribution in [0.15, 0.2) is 83.5 Å². The number of aryl methyl sites for hydroxylation is 1. The molecule has 0 aliphatic rings. The van der Waals surface area contributed by atoms with Gasteiger partial charge in [0.15, 0.2) is 0 Å². The second-order valence-electron chi connectivity index (χ2n) is 6.57. The molecule has 4 rings (SSSR count). The predicted molar refractivity (Wildman–Crippen MR) is 111 cm³/mol. The zero-order valence-corrected chi connectivity index (χ0v) is 15.6. The maximum absolute atomic E-state index is 12.9. The summed E-state index contributed by atoms with van der Waals surface area (Å²) in [4.78, 5) is 16.6. The van der Waals surface area contributed by atoms with Crippen molar-refractivity contribution in [1.82, 2.24) is 4.98 Å². The number of nitrogens with one attached hydrogen (secondary N) is 2. The zero-order valence-electron chi connectivity index (χ0n) is 15.6. The summed E-state index contributed by atoms with van der Waals surface area (Å²) in [5.41, 5.74) is 4.85. The van der Waals surface area contributed by atoms with Crippen molar-refractivity contribution < 1.29 is 13.6 Å². The van der Waals surface area contributed by atoms with Crippen LogP contribution in [-0.4, -0.2) is 11.0 Å². The molecule has 3 aromatic carbocycles. The Hall–Kier alpha value is -3.93. The molecule has 0 radical (unpaired) electrons. The maximum Gasteiger partial charge on any atom is 0.323 e. The Labute approximate surface area is 167 Å². The van der Waals surface area contributed by atoms with Gasteiger partial charge < -0.3 is 15.1 Å². The van der Waals surface area contributed by atoms with Gasteiger partial charge in [-0.25, -0.2) is 14.2 Å². The number of carbonyl (C=O) groups excluding carboxylic acids is 1. The smallest absolute Gasteiger partial charge is 0.323 e. The van der Waals surface area contributed by atoms with E-state index in [4.69, 9.17) is 4.42 Å². The van der Waals surface area contributed by atoms with Gasteiger partial charge in [-0.05, 0) is 55.5 Å². The van der Waals surface area contributed by atoms with Gasteiger partial charge >= 0.3 is 6.03 Å². The first-order valence-electron chi connectivity index (χ1n) is 9.03. The third-order valence-corrected chi connectivity index (χ3v) is 4.34. The number of rotatable bonds is 4. The maximum atomic E-state index is 12.9. The van der Waals surface area contributed by atoms with Gasteiger partial charge in [-0.15, -0.1) is 0 Å². The molecule has 0 saturated carbocycles. The van der Waals surface area contributed by atoms with Crippen LogP contribution in [0.3, 0.4) is 0 Å². The van der Waals surface area contributed by atoms with E-state index in [2.05, 4.69) is 15.6 Å². The third-order valence-electron chi connectivity index (χ3n) is 4.34. The minimum Gasteiger partial charge on any atom is -0.444 e. The minimum atomic E-state index is -0.415. The molecule has 0 unspecified atom stereocenters. The first-order chi connectivity index (χ1) is 14.1. The standard InChI is InChI=1S/C23H18FN3O2/c1-15-2-4-16(5-3-15)21-14-29-22(27-21)17-6-10-19(11-7-17)25-23(28)26-20-12-8-18(24)9-13-20/h2-14H,1H3,(H2,25,26,28). The number of carbonyl (C=O) groups is 1. The molecule has 2 amide bonds. The van der Waals surface area contributed by atoms with Crippen LogP contribution in [0.4, 0.5) is 20.6 Å². The summed E-state index contributed by atoms with van der Waals surface area (Å²) in [5, 5.41) is 5.37. The number of aromatic nitrogens is 1. The minimum absolute atomic E-state index is 0.358. The number of nitrogens with zero attached hydrogens (tertiary/aromatic N) is 1. The van der Waals surface area contributed by atoms with Gasteiger partial charge in [0, 0.05) is 22.5 Å². The molecule has 2 N–H and O–H groups in total. The molecule has 0 aliphatic carbocycles. The normalized spacial score (nSPS) is 10.6. The van der Waals surface area contributed by atoms with Gasteiger partial charge in [0.1, 0.15) is 17.8 Å². The summed E-state index contributed by atoms with van der Waals surface area (Å²) in [5.74, 6) is 0.145. The van der Waals surface area contributed by atoms with E-state index in [0.29, 0.717) is 17.3 Å². The van der Waals surface area contributed by atoms with Crippen LogP contribution in [0.25, 0.3) is 22.7 Å². The number of hydrogen-bond donors (Lipinski definition) is 2. The molecule has 0 spiro atoms. The Morgan fingerprint density at radius 2 is 1.38 bits per heavy atom. The van der Waals surface area contributed by atoms with E-state index in [0.717, 1.165) is 16.8 Å². The van der Waals surface area contributed by atoms with Gasteiger partial charge in [0.2, 0.25) is 5.89 Å². The zero-order chi connectivity index (χ0) is 20.2. The number of hydrogen-bond acceptors (Lipinski definition) is 3. The predicted octanol–water partition coefficient (Wildman–Crippen LogP) is 6.10. The Kier molecular flexibility index (Phi) is 5.07. The van der Waals surface area contributed by atoms with E-state index in [1.165, 1.54) is 29.8 Å². The molecular weight excluding hydrogens is 369 g/mol. The van der Waals surface area contributed by atoms with E-state index in [9.17, 15) is 9.18 Å². The Morgan fingerprint density at radius 3 is 2.00 bits per heavy atom. The second-order valence-corrected chi connectivity index (χ2v) is 6.57. The summed E-state index contributed by atoms with van der Waals surface area (Å²) in [6.45, 7) is 2.04. The quantitative estimate of drug-likeness (QED) is 0.445. The van der Waals surface area contributed by atoms with Crippen LogP contribution in [-0.2, 0) is 0 Å². The highest BCUT2D eigenvalue weighted by molar-refractivity contribution is 5.99. The Morgan fingerprint density at radius 1 is 0.828 bits per heavy atom. The van der Waals surface area contributed by atoms with Crippen LogP contribution < -0.4 is 10.6 Å². The molecule has 1 aromatic heterocycles. The lowest BCUT2D eigenvalue weighted by Gasteiger charge is -2.08. The monoisotopic (exact) mass is 387 g/mol. The fraction of sp³-hybridized carbons (Fsp3) is 0.0435. The first kappa shape index (κ1) is 18.4. The number of oxazole rings is 1. The van der Waals surface area contributed by atoms with Crippen LogP contribution in [0.2, 0.25) is 0 Å². The lowest BCUT2D eigenvalue weighted by atomic mass is 10.1. The lowest BCUT2D eigenvalue weighted by molar-refractivity contribution is 0.262. The van der Waals surface area contributed by atoms with E-state index >= 15 is 0 Å². The molecule has 0 atom stereocenters. The van der Waals surface area contributed by atoms with Crippen LogP contribution in [0.5, 0.6) is 0 Å². The van der Waals surface area contributed by atoms with Crippen molar-refractivity contribution in [2.75, 3.05) is 10.6 Å². The van der Waals surface area contributed by atoms with E-state index < -0.39 is 6.03 Å². The fourth-order valence-corrected chi connectivity index (χ4v) is 2.79. The van der Waals surface area contributed by atoms with Crippen molar-refractivity contribution in [2.45, 2.75) is 6.92 Å². The molecule has 0 aliphatic heterocycles. The molecule has 5 nitrogen and oxygen atoms in total. The summed E-state index contributed by atoms with van der Waals surface area (Å²) < 4.78 is 18.5. The molecule has 1 heterocycles. The topological polar surface area (TPSA) is 67.2 Å². The number of halogens is 1. The molecule has 4 aromatic rings.